The number of rotatable bonds is 8. The third-order valence-corrected chi connectivity index (χ3v) is 5.68. The van der Waals surface area contributed by atoms with E-state index in [-0.39, 0.29) is 17.9 Å². The van der Waals surface area contributed by atoms with Crippen molar-refractivity contribution in [2.75, 3.05) is 13.2 Å². The summed E-state index contributed by atoms with van der Waals surface area (Å²) in [6, 6.07) is 26.3. The number of para-hydroxylation sites is 3. The van der Waals surface area contributed by atoms with E-state index in [9.17, 15) is 4.79 Å². The molecule has 4 aromatic rings. The average Bonchev–Trinajstić information content (AvgIpc) is 3.15. The molecule has 0 saturated heterocycles. The predicted molar refractivity (Wildman–Crippen MR) is 133 cm³/mol. The number of amides is 1. The first kappa shape index (κ1) is 22.6. The zero-order valence-electron chi connectivity index (χ0n) is 19.5. The van der Waals surface area contributed by atoms with Gasteiger partial charge < -0.3 is 14.6 Å². The third-order valence-electron chi connectivity index (χ3n) is 5.68. The number of nitrogens with one attached hydrogen (secondary N) is 1. The standard InChI is InChI=1S/C28H31N3O2/c1-28(2,3)22-15-13-21(14-16-22)19-31-25-12-8-7-11-24(25)30-26(31)17-18-29-27(32)20-33-23-9-5-4-6-10-23/h4-16H,17-20H2,1-3H3,(H,29,32). The minimum Gasteiger partial charge on any atom is -0.484 e. The van der Waals surface area contributed by atoms with Crippen molar-refractivity contribution in [3.05, 3.63) is 95.8 Å². The number of fused-ring (bicyclic) bond motifs is 1. The van der Waals surface area contributed by atoms with E-state index >= 15 is 0 Å². The quantitative estimate of drug-likeness (QED) is 0.413. The SMILES string of the molecule is CC(C)(C)c1ccc(Cn2c(CCNC(=O)COc3ccccc3)nc3ccccc32)cc1. The Morgan fingerprint density at radius 1 is 0.939 bits per heavy atom. The summed E-state index contributed by atoms with van der Waals surface area (Å²) >= 11 is 0. The van der Waals surface area contributed by atoms with Crippen LogP contribution in [0.5, 0.6) is 5.75 Å². The van der Waals surface area contributed by atoms with E-state index in [1.54, 1.807) is 0 Å². The van der Waals surface area contributed by atoms with Crippen LogP contribution in [-0.2, 0) is 23.2 Å². The second-order valence-corrected chi connectivity index (χ2v) is 9.25. The Bertz CT molecular complexity index is 1210. The van der Waals surface area contributed by atoms with E-state index in [0.717, 1.165) is 23.4 Å². The van der Waals surface area contributed by atoms with E-state index < -0.39 is 0 Å². The van der Waals surface area contributed by atoms with Crippen LogP contribution in [0.4, 0.5) is 0 Å². The molecule has 0 aliphatic heterocycles. The van der Waals surface area contributed by atoms with Gasteiger partial charge in [0.1, 0.15) is 11.6 Å². The first-order valence-electron chi connectivity index (χ1n) is 11.4. The van der Waals surface area contributed by atoms with Crippen LogP contribution in [0.25, 0.3) is 11.0 Å². The number of imidazole rings is 1. The summed E-state index contributed by atoms with van der Waals surface area (Å²) in [6.07, 6.45) is 0.645. The van der Waals surface area contributed by atoms with E-state index in [1.165, 1.54) is 11.1 Å². The van der Waals surface area contributed by atoms with Crippen molar-refractivity contribution in [1.29, 1.82) is 0 Å². The van der Waals surface area contributed by atoms with Crippen LogP contribution in [0.3, 0.4) is 0 Å². The lowest BCUT2D eigenvalue weighted by atomic mass is 9.87. The number of hydrogen-bond donors (Lipinski definition) is 1. The van der Waals surface area contributed by atoms with Gasteiger partial charge in [-0.25, -0.2) is 4.98 Å². The third kappa shape index (κ3) is 5.80. The molecule has 5 nitrogen and oxygen atoms in total. The molecule has 0 saturated carbocycles. The lowest BCUT2D eigenvalue weighted by Gasteiger charge is -2.19. The maximum absolute atomic E-state index is 12.2. The van der Waals surface area contributed by atoms with Crippen molar-refractivity contribution in [1.82, 2.24) is 14.9 Å². The second kappa shape index (κ2) is 9.90. The fourth-order valence-corrected chi connectivity index (χ4v) is 3.82. The molecule has 0 bridgehead atoms. The molecule has 33 heavy (non-hydrogen) atoms. The summed E-state index contributed by atoms with van der Waals surface area (Å²) in [5.41, 5.74) is 4.76. The summed E-state index contributed by atoms with van der Waals surface area (Å²) in [5, 5.41) is 2.94. The Kier molecular flexibility index (Phi) is 6.78. The molecule has 4 rings (SSSR count). The Labute approximate surface area is 195 Å². The predicted octanol–water partition coefficient (Wildman–Crippen LogP) is 5.12. The number of aromatic nitrogens is 2. The van der Waals surface area contributed by atoms with Crippen molar-refractivity contribution in [3.8, 4) is 5.75 Å². The highest BCUT2D eigenvalue weighted by Gasteiger charge is 2.15. The van der Waals surface area contributed by atoms with Gasteiger partial charge in [-0.05, 0) is 40.8 Å². The Morgan fingerprint density at radius 3 is 2.36 bits per heavy atom. The lowest BCUT2D eigenvalue weighted by molar-refractivity contribution is -0.123. The first-order valence-corrected chi connectivity index (χ1v) is 11.4. The maximum Gasteiger partial charge on any atom is 0.257 e. The number of nitrogens with zero attached hydrogens (tertiary/aromatic N) is 2. The second-order valence-electron chi connectivity index (χ2n) is 9.25. The van der Waals surface area contributed by atoms with Crippen LogP contribution < -0.4 is 10.1 Å². The normalized spacial score (nSPS) is 11.5. The first-order chi connectivity index (χ1) is 15.9. The zero-order valence-corrected chi connectivity index (χ0v) is 19.5. The molecular formula is C28H31N3O2. The summed E-state index contributed by atoms with van der Waals surface area (Å²) in [5.74, 6) is 1.51. The minimum atomic E-state index is -0.140. The molecule has 0 unspecified atom stereocenters. The summed E-state index contributed by atoms with van der Waals surface area (Å²) in [7, 11) is 0. The highest BCUT2D eigenvalue weighted by molar-refractivity contribution is 5.78. The molecule has 0 aliphatic carbocycles. The highest BCUT2D eigenvalue weighted by atomic mass is 16.5. The van der Waals surface area contributed by atoms with Crippen LogP contribution in [0.15, 0.2) is 78.9 Å². The van der Waals surface area contributed by atoms with Gasteiger partial charge in [0.2, 0.25) is 0 Å². The topological polar surface area (TPSA) is 56.2 Å². The van der Waals surface area contributed by atoms with E-state index in [0.29, 0.717) is 18.7 Å². The van der Waals surface area contributed by atoms with Gasteiger partial charge in [-0.3, -0.25) is 4.79 Å². The highest BCUT2D eigenvalue weighted by Crippen LogP contribution is 2.23. The van der Waals surface area contributed by atoms with Crippen LogP contribution in [-0.4, -0.2) is 28.6 Å². The lowest BCUT2D eigenvalue weighted by Crippen LogP contribution is -2.31. The molecule has 1 aromatic heterocycles. The van der Waals surface area contributed by atoms with Crippen LogP contribution in [0.1, 0.15) is 37.7 Å². The van der Waals surface area contributed by atoms with Gasteiger partial charge in [-0.1, -0.05) is 75.4 Å². The Hall–Kier alpha value is -3.60. The molecule has 3 aromatic carbocycles. The molecule has 1 N–H and O–H groups in total. The van der Waals surface area contributed by atoms with Crippen LogP contribution >= 0.6 is 0 Å². The minimum absolute atomic E-state index is 0.000550. The Morgan fingerprint density at radius 2 is 1.64 bits per heavy atom. The van der Waals surface area contributed by atoms with E-state index in [1.807, 2.05) is 48.5 Å². The number of hydrogen-bond acceptors (Lipinski definition) is 3. The van der Waals surface area contributed by atoms with E-state index in [4.69, 9.17) is 9.72 Å². The van der Waals surface area contributed by atoms with Crippen molar-refractivity contribution in [2.45, 2.75) is 39.2 Å². The van der Waals surface area contributed by atoms with Gasteiger partial charge >= 0.3 is 0 Å². The molecule has 0 radical (unpaired) electrons. The molecule has 1 amide bonds. The number of benzene rings is 3. The number of ether oxygens (including phenoxy) is 1. The monoisotopic (exact) mass is 441 g/mol. The molecule has 5 heteroatoms. The summed E-state index contributed by atoms with van der Waals surface area (Å²) < 4.78 is 7.77. The largest absolute Gasteiger partial charge is 0.484 e. The fourth-order valence-electron chi connectivity index (χ4n) is 3.82. The summed E-state index contributed by atoms with van der Waals surface area (Å²) in [4.78, 5) is 17.0. The van der Waals surface area contributed by atoms with Gasteiger partial charge in [0.15, 0.2) is 6.61 Å². The molecule has 1 heterocycles. The van der Waals surface area contributed by atoms with Gasteiger partial charge in [-0.15, -0.1) is 0 Å². The van der Waals surface area contributed by atoms with Gasteiger partial charge in [0, 0.05) is 19.5 Å². The van der Waals surface area contributed by atoms with Crippen molar-refractivity contribution in [2.24, 2.45) is 0 Å². The average molecular weight is 442 g/mol. The van der Waals surface area contributed by atoms with Crippen molar-refractivity contribution >= 4 is 16.9 Å². The van der Waals surface area contributed by atoms with Crippen LogP contribution in [0.2, 0.25) is 0 Å². The van der Waals surface area contributed by atoms with Gasteiger partial charge in [0.05, 0.1) is 11.0 Å². The molecule has 0 fully saturated rings. The number of carbonyl (C=O) groups is 1. The molecular weight excluding hydrogens is 410 g/mol. The van der Waals surface area contributed by atoms with Crippen molar-refractivity contribution in [3.63, 3.8) is 0 Å². The molecule has 0 atom stereocenters. The van der Waals surface area contributed by atoms with Gasteiger partial charge in [0.25, 0.3) is 5.91 Å². The Balaban J connectivity index is 1.42. The smallest absolute Gasteiger partial charge is 0.257 e. The summed E-state index contributed by atoms with van der Waals surface area (Å²) in [6.45, 7) is 7.92. The fraction of sp³-hybridized carbons (Fsp3) is 0.286. The zero-order chi connectivity index (χ0) is 23.3. The van der Waals surface area contributed by atoms with E-state index in [2.05, 4.69) is 61.0 Å². The molecule has 0 aliphatic rings. The molecule has 170 valence electrons. The molecule has 0 spiro atoms. The van der Waals surface area contributed by atoms with Gasteiger partial charge in [-0.2, -0.15) is 0 Å². The van der Waals surface area contributed by atoms with Crippen molar-refractivity contribution < 1.29 is 9.53 Å². The number of carbonyl (C=O) groups excluding carboxylic acids is 1. The maximum atomic E-state index is 12.2. The van der Waals surface area contributed by atoms with Crippen LogP contribution in [0, 0.1) is 0 Å².